The summed E-state index contributed by atoms with van der Waals surface area (Å²) < 4.78 is 30.6. The number of benzene rings is 3. The van der Waals surface area contributed by atoms with Crippen molar-refractivity contribution >= 4 is 43.2 Å². The molecule has 8 heteroatoms. The molecule has 0 aliphatic rings. The Labute approximate surface area is 203 Å². The Bertz CT molecular complexity index is 1520. The number of hydrogen-bond donors (Lipinski definition) is 1. The summed E-state index contributed by atoms with van der Waals surface area (Å²) in [5.74, 6) is 0.00474. The zero-order chi connectivity index (χ0) is 24.3. The van der Waals surface area contributed by atoms with Gasteiger partial charge in [-0.3, -0.25) is 9.52 Å². The number of hydrogen-bond acceptors (Lipinski definition) is 4. The summed E-state index contributed by atoms with van der Waals surface area (Å²) in [4.78, 5) is 18.0. The average Bonchev–Trinajstić information content (AvgIpc) is 3.16. The molecular formula is C26H25N3O3S2. The highest BCUT2D eigenvalue weighted by Gasteiger charge is 2.14. The van der Waals surface area contributed by atoms with E-state index in [0.717, 1.165) is 10.2 Å². The van der Waals surface area contributed by atoms with Crippen molar-refractivity contribution in [2.24, 2.45) is 4.99 Å². The number of anilines is 1. The van der Waals surface area contributed by atoms with Crippen LogP contribution in [0.2, 0.25) is 0 Å². The molecule has 1 heterocycles. The molecule has 6 nitrogen and oxygen atoms in total. The zero-order valence-electron chi connectivity index (χ0n) is 18.9. The van der Waals surface area contributed by atoms with E-state index in [1.165, 1.54) is 29.0 Å². The molecule has 0 unspecified atom stereocenters. The van der Waals surface area contributed by atoms with E-state index in [1.807, 2.05) is 4.57 Å². The van der Waals surface area contributed by atoms with Gasteiger partial charge in [0.1, 0.15) is 0 Å². The van der Waals surface area contributed by atoms with Crippen LogP contribution in [0, 0.1) is 0 Å². The molecule has 0 fully saturated rings. The van der Waals surface area contributed by atoms with E-state index in [1.54, 1.807) is 48.5 Å². The van der Waals surface area contributed by atoms with Gasteiger partial charge in [-0.15, -0.1) is 6.58 Å². The molecule has 0 saturated heterocycles. The van der Waals surface area contributed by atoms with Crippen molar-refractivity contribution in [3.63, 3.8) is 0 Å². The highest BCUT2D eigenvalue weighted by atomic mass is 32.2. The monoisotopic (exact) mass is 491 g/mol. The number of carbonyl (C=O) groups excluding carboxylic acids is 1. The molecule has 0 aliphatic carbocycles. The highest BCUT2D eigenvalue weighted by Crippen LogP contribution is 2.24. The average molecular weight is 492 g/mol. The second-order valence-corrected chi connectivity index (χ2v) is 10.8. The summed E-state index contributed by atoms with van der Waals surface area (Å²) in [6.45, 7) is 8.65. The molecule has 174 valence electrons. The van der Waals surface area contributed by atoms with Crippen molar-refractivity contribution in [1.82, 2.24) is 4.57 Å². The van der Waals surface area contributed by atoms with Gasteiger partial charge >= 0.3 is 0 Å². The number of thiazole rings is 1. The van der Waals surface area contributed by atoms with Gasteiger partial charge in [0.2, 0.25) is 0 Å². The molecule has 4 rings (SSSR count). The van der Waals surface area contributed by atoms with Gasteiger partial charge in [0, 0.05) is 17.8 Å². The van der Waals surface area contributed by atoms with Crippen LogP contribution in [0.1, 0.15) is 35.7 Å². The molecule has 1 amide bonds. The summed E-state index contributed by atoms with van der Waals surface area (Å²) in [7, 11) is -3.70. The quantitative estimate of drug-likeness (QED) is 0.344. The van der Waals surface area contributed by atoms with Gasteiger partial charge in [0.15, 0.2) is 4.80 Å². The molecule has 1 N–H and O–H groups in total. The Morgan fingerprint density at radius 2 is 1.79 bits per heavy atom. The van der Waals surface area contributed by atoms with Crippen LogP contribution in [-0.2, 0) is 16.6 Å². The van der Waals surface area contributed by atoms with Crippen LogP contribution < -0.4 is 9.52 Å². The molecular weight excluding hydrogens is 466 g/mol. The summed E-state index contributed by atoms with van der Waals surface area (Å²) >= 11 is 1.46. The van der Waals surface area contributed by atoms with E-state index in [0.29, 0.717) is 28.5 Å². The number of allylic oxidation sites excluding steroid dienone is 1. The Morgan fingerprint density at radius 3 is 2.44 bits per heavy atom. The third-order valence-electron chi connectivity index (χ3n) is 5.32. The zero-order valence-corrected chi connectivity index (χ0v) is 20.6. The lowest BCUT2D eigenvalue weighted by atomic mass is 10.0. The summed E-state index contributed by atoms with van der Waals surface area (Å²) in [5, 5.41) is 0. The topological polar surface area (TPSA) is 80.5 Å². The third kappa shape index (κ3) is 5.03. The number of nitrogens with one attached hydrogen (secondary N) is 1. The predicted molar refractivity (Wildman–Crippen MR) is 138 cm³/mol. The van der Waals surface area contributed by atoms with Crippen LogP contribution in [0.4, 0.5) is 5.69 Å². The summed E-state index contributed by atoms with van der Waals surface area (Å²) in [6.07, 6.45) is 1.78. The summed E-state index contributed by atoms with van der Waals surface area (Å²) in [6, 6.07) is 20.7. The number of aromatic nitrogens is 1. The van der Waals surface area contributed by atoms with E-state index in [2.05, 4.69) is 48.3 Å². The lowest BCUT2D eigenvalue weighted by molar-refractivity contribution is 0.0998. The molecule has 0 radical (unpaired) electrons. The molecule has 0 bridgehead atoms. The maximum Gasteiger partial charge on any atom is 0.279 e. The molecule has 1 aromatic heterocycles. The maximum atomic E-state index is 12.9. The van der Waals surface area contributed by atoms with Gasteiger partial charge in [-0.2, -0.15) is 4.99 Å². The molecule has 3 aromatic carbocycles. The number of sulfonamides is 1. The van der Waals surface area contributed by atoms with E-state index in [4.69, 9.17) is 0 Å². The fraction of sp³-hybridized carbons (Fsp3) is 0.154. The van der Waals surface area contributed by atoms with E-state index in [9.17, 15) is 13.2 Å². The SMILES string of the molecule is C=CCn1c(=NC(=O)c2ccc(NS(=O)(=O)c3ccccc3)cc2)sc2cc(C(C)C)ccc21. The normalized spacial score (nSPS) is 12.3. The van der Waals surface area contributed by atoms with Crippen LogP contribution in [0.5, 0.6) is 0 Å². The minimum absolute atomic E-state index is 0.169. The fourth-order valence-electron chi connectivity index (χ4n) is 3.49. The highest BCUT2D eigenvalue weighted by molar-refractivity contribution is 7.92. The lowest BCUT2D eigenvalue weighted by Crippen LogP contribution is -2.16. The third-order valence-corrected chi connectivity index (χ3v) is 7.76. The number of nitrogens with zero attached hydrogens (tertiary/aromatic N) is 2. The Kier molecular flexibility index (Phi) is 6.81. The van der Waals surface area contributed by atoms with E-state index in [-0.39, 0.29) is 4.90 Å². The minimum Gasteiger partial charge on any atom is -0.312 e. The van der Waals surface area contributed by atoms with Gasteiger partial charge < -0.3 is 4.57 Å². The first kappa shape index (κ1) is 23.7. The van der Waals surface area contributed by atoms with Crippen molar-refractivity contribution in [3.8, 4) is 0 Å². The molecule has 34 heavy (non-hydrogen) atoms. The van der Waals surface area contributed by atoms with E-state index < -0.39 is 15.9 Å². The number of rotatable bonds is 7. The molecule has 0 aliphatic heterocycles. The number of carbonyl (C=O) groups is 1. The lowest BCUT2D eigenvalue weighted by Gasteiger charge is -2.08. The van der Waals surface area contributed by atoms with Crippen molar-refractivity contribution in [1.29, 1.82) is 0 Å². The maximum absolute atomic E-state index is 12.9. The van der Waals surface area contributed by atoms with Crippen LogP contribution in [-0.4, -0.2) is 18.9 Å². The van der Waals surface area contributed by atoms with Gasteiger partial charge in [0.25, 0.3) is 15.9 Å². The Balaban J connectivity index is 1.62. The molecule has 4 aromatic rings. The minimum atomic E-state index is -3.70. The molecule has 0 saturated carbocycles. The van der Waals surface area contributed by atoms with Crippen LogP contribution in [0.25, 0.3) is 10.2 Å². The fourth-order valence-corrected chi connectivity index (χ4v) is 5.65. The van der Waals surface area contributed by atoms with Gasteiger partial charge in [0.05, 0.1) is 15.1 Å². The summed E-state index contributed by atoms with van der Waals surface area (Å²) in [5.41, 5.74) is 2.97. The van der Waals surface area contributed by atoms with Crippen molar-refractivity contribution < 1.29 is 13.2 Å². The first-order chi connectivity index (χ1) is 16.3. The van der Waals surface area contributed by atoms with Crippen molar-refractivity contribution in [2.45, 2.75) is 31.2 Å². The van der Waals surface area contributed by atoms with Crippen LogP contribution >= 0.6 is 11.3 Å². The van der Waals surface area contributed by atoms with Gasteiger partial charge in [-0.25, -0.2) is 8.42 Å². The number of amides is 1. The van der Waals surface area contributed by atoms with Crippen LogP contribution in [0.3, 0.4) is 0 Å². The standard InChI is InChI=1S/C26H25N3O3S2/c1-4-16-29-23-15-12-20(18(2)3)17-24(23)33-26(29)27-25(30)19-10-13-21(14-11-19)28-34(31,32)22-8-6-5-7-9-22/h4-15,17-18,28H,1,16H2,2-3H3. The molecule has 0 atom stereocenters. The Morgan fingerprint density at radius 1 is 1.09 bits per heavy atom. The van der Waals surface area contributed by atoms with Gasteiger partial charge in [-0.05, 0) is 60.0 Å². The first-order valence-electron chi connectivity index (χ1n) is 10.8. The largest absolute Gasteiger partial charge is 0.312 e. The predicted octanol–water partition coefficient (Wildman–Crippen LogP) is 5.55. The Hall–Kier alpha value is -3.49. The van der Waals surface area contributed by atoms with Gasteiger partial charge in [-0.1, -0.05) is 55.5 Å². The number of fused-ring (bicyclic) bond motifs is 1. The smallest absolute Gasteiger partial charge is 0.279 e. The van der Waals surface area contributed by atoms with Crippen LogP contribution in [0.15, 0.2) is 95.3 Å². The van der Waals surface area contributed by atoms with Crippen molar-refractivity contribution in [3.05, 3.63) is 101 Å². The van der Waals surface area contributed by atoms with E-state index >= 15 is 0 Å². The second-order valence-electron chi connectivity index (χ2n) is 8.08. The first-order valence-corrected chi connectivity index (χ1v) is 13.1. The van der Waals surface area contributed by atoms with Crippen molar-refractivity contribution in [2.75, 3.05) is 4.72 Å². The molecule has 0 spiro atoms. The second kappa shape index (κ2) is 9.79.